The summed E-state index contributed by atoms with van der Waals surface area (Å²) in [6, 6.07) is 63.5. The van der Waals surface area contributed by atoms with Gasteiger partial charge in [-0.25, -0.2) is 9.97 Å². The summed E-state index contributed by atoms with van der Waals surface area (Å²) < 4.78 is 11.0. The Hall–Kier alpha value is -7.04. The predicted octanol–water partition coefficient (Wildman–Crippen LogP) is 12.8. The second-order valence-electron chi connectivity index (χ2n) is 13.3. The molecule has 0 aliphatic rings. The third-order valence-electron chi connectivity index (χ3n) is 10.1. The van der Waals surface area contributed by atoms with E-state index in [1.54, 1.807) is 14.2 Å². The van der Waals surface area contributed by atoms with Gasteiger partial charge in [0.1, 0.15) is 11.5 Å². The number of hydrogen-bond acceptors (Lipinski definition) is 4. The van der Waals surface area contributed by atoms with E-state index in [1.165, 1.54) is 11.1 Å². The Bertz CT molecular complexity index is 2530. The largest absolute Gasteiger partial charge is 0.497 e. The van der Waals surface area contributed by atoms with Crippen molar-refractivity contribution in [3.05, 3.63) is 182 Å². The zero-order valence-electron chi connectivity index (χ0n) is 30.0. The van der Waals surface area contributed by atoms with E-state index in [9.17, 15) is 0 Å². The van der Waals surface area contributed by atoms with E-state index < -0.39 is 0 Å². The zero-order valence-corrected chi connectivity index (χ0v) is 30.0. The molecule has 258 valence electrons. The Morgan fingerprint density at radius 2 is 0.630 bits per heavy atom. The van der Waals surface area contributed by atoms with Crippen LogP contribution in [0.5, 0.6) is 11.5 Å². The number of hydrogen-bond donors (Lipinski definition) is 0. The molecular formula is C50H36N2O2. The standard InChI is InChI=1S/C50H36N2O2/c1-53-41-25-21-37(22-26-41)45-31-47(39-17-13-35(14-18-39)33-9-5-3-6-10-33)51-49-43(45)29-30-44-46(38-23-27-42(54-2)28-24-38)32-48(52-50(44)49)40-19-15-36(16-20-40)34-11-7-4-8-12-34/h3-32H,1-2H3. The number of aromatic nitrogens is 2. The smallest absolute Gasteiger partial charge is 0.118 e. The summed E-state index contributed by atoms with van der Waals surface area (Å²) in [5.41, 5.74) is 14.5. The molecule has 4 heteroatoms. The molecule has 9 aromatic rings. The molecular weight excluding hydrogens is 661 g/mol. The lowest BCUT2D eigenvalue weighted by Gasteiger charge is -2.16. The van der Waals surface area contributed by atoms with Crippen LogP contribution in [-0.4, -0.2) is 24.2 Å². The fraction of sp³-hybridized carbons (Fsp3) is 0.0400. The quantitative estimate of drug-likeness (QED) is 0.148. The van der Waals surface area contributed by atoms with Crippen LogP contribution in [0, 0.1) is 0 Å². The van der Waals surface area contributed by atoms with Crippen molar-refractivity contribution in [2.45, 2.75) is 0 Å². The van der Waals surface area contributed by atoms with Crippen molar-refractivity contribution in [2.75, 3.05) is 14.2 Å². The van der Waals surface area contributed by atoms with Crippen LogP contribution >= 0.6 is 0 Å². The fourth-order valence-corrected chi connectivity index (χ4v) is 7.22. The van der Waals surface area contributed by atoms with Crippen LogP contribution in [0.1, 0.15) is 0 Å². The normalized spacial score (nSPS) is 11.1. The van der Waals surface area contributed by atoms with Gasteiger partial charge >= 0.3 is 0 Å². The molecule has 0 N–H and O–H groups in total. The Balaban J connectivity index is 1.28. The van der Waals surface area contributed by atoms with E-state index in [1.807, 2.05) is 36.4 Å². The van der Waals surface area contributed by atoms with E-state index in [-0.39, 0.29) is 0 Å². The molecule has 4 nitrogen and oxygen atoms in total. The maximum Gasteiger partial charge on any atom is 0.118 e. The van der Waals surface area contributed by atoms with Crippen molar-refractivity contribution >= 4 is 21.8 Å². The monoisotopic (exact) mass is 696 g/mol. The van der Waals surface area contributed by atoms with Crippen LogP contribution in [0.4, 0.5) is 0 Å². The molecule has 0 aliphatic heterocycles. The average molecular weight is 697 g/mol. The molecule has 2 aromatic heterocycles. The molecule has 0 radical (unpaired) electrons. The first-order chi connectivity index (χ1) is 26.6. The SMILES string of the molecule is COc1ccc(-c2cc(-c3ccc(-c4ccccc4)cc3)nc3c2ccc2c(-c4ccc(OC)cc4)cc(-c4ccc(-c5ccccc5)cc4)nc23)cc1. The predicted molar refractivity (Wildman–Crippen MR) is 223 cm³/mol. The highest BCUT2D eigenvalue weighted by molar-refractivity contribution is 6.13. The molecule has 0 spiro atoms. The lowest BCUT2D eigenvalue weighted by Crippen LogP contribution is -1.96. The molecule has 9 rings (SSSR count). The number of ether oxygens (including phenoxy) is 2. The van der Waals surface area contributed by atoms with Crippen LogP contribution in [0.15, 0.2) is 182 Å². The second-order valence-corrected chi connectivity index (χ2v) is 13.3. The summed E-state index contributed by atoms with van der Waals surface area (Å²) in [4.78, 5) is 10.9. The van der Waals surface area contributed by atoms with E-state index >= 15 is 0 Å². The Morgan fingerprint density at radius 1 is 0.315 bits per heavy atom. The van der Waals surface area contributed by atoms with Gasteiger partial charge in [0, 0.05) is 21.9 Å². The van der Waals surface area contributed by atoms with E-state index in [2.05, 4.69) is 146 Å². The first-order valence-corrected chi connectivity index (χ1v) is 18.0. The molecule has 0 unspecified atom stereocenters. The number of rotatable bonds is 8. The summed E-state index contributed by atoms with van der Waals surface area (Å²) in [6.07, 6.45) is 0. The Kier molecular flexibility index (Phi) is 8.62. The van der Waals surface area contributed by atoms with Crippen molar-refractivity contribution in [1.29, 1.82) is 0 Å². The lowest BCUT2D eigenvalue weighted by atomic mass is 9.93. The molecule has 54 heavy (non-hydrogen) atoms. The van der Waals surface area contributed by atoms with Crippen LogP contribution in [-0.2, 0) is 0 Å². The number of nitrogens with zero attached hydrogens (tertiary/aromatic N) is 2. The van der Waals surface area contributed by atoms with E-state index in [0.29, 0.717) is 0 Å². The van der Waals surface area contributed by atoms with Gasteiger partial charge in [0.05, 0.1) is 36.6 Å². The molecule has 0 atom stereocenters. The first-order valence-electron chi connectivity index (χ1n) is 18.0. The molecule has 0 amide bonds. The molecule has 7 aromatic carbocycles. The highest BCUT2D eigenvalue weighted by atomic mass is 16.5. The molecule has 0 saturated heterocycles. The van der Waals surface area contributed by atoms with Crippen molar-refractivity contribution < 1.29 is 9.47 Å². The summed E-state index contributed by atoms with van der Waals surface area (Å²) in [5, 5.41) is 2.06. The van der Waals surface area contributed by atoms with Crippen LogP contribution in [0.25, 0.3) is 88.8 Å². The number of pyridine rings is 2. The highest BCUT2D eigenvalue weighted by Gasteiger charge is 2.18. The summed E-state index contributed by atoms with van der Waals surface area (Å²) in [7, 11) is 3.39. The van der Waals surface area contributed by atoms with Crippen LogP contribution in [0.3, 0.4) is 0 Å². The van der Waals surface area contributed by atoms with Gasteiger partial charge in [-0.05, 0) is 80.9 Å². The maximum atomic E-state index is 5.52. The third kappa shape index (κ3) is 6.24. The van der Waals surface area contributed by atoms with Crippen molar-refractivity contribution in [2.24, 2.45) is 0 Å². The Morgan fingerprint density at radius 3 is 0.981 bits per heavy atom. The number of benzene rings is 7. The number of fused-ring (bicyclic) bond motifs is 3. The molecule has 2 heterocycles. The maximum absolute atomic E-state index is 5.52. The molecule has 0 saturated carbocycles. The van der Waals surface area contributed by atoms with Gasteiger partial charge < -0.3 is 9.47 Å². The van der Waals surface area contributed by atoms with E-state index in [4.69, 9.17) is 19.4 Å². The second kappa shape index (κ2) is 14.2. The van der Waals surface area contributed by atoms with Crippen LogP contribution < -0.4 is 9.47 Å². The van der Waals surface area contributed by atoms with Crippen molar-refractivity contribution in [3.63, 3.8) is 0 Å². The topological polar surface area (TPSA) is 44.2 Å². The zero-order chi connectivity index (χ0) is 36.4. The summed E-state index contributed by atoms with van der Waals surface area (Å²) >= 11 is 0. The highest BCUT2D eigenvalue weighted by Crippen LogP contribution is 2.40. The van der Waals surface area contributed by atoms with Gasteiger partial charge in [0.15, 0.2) is 0 Å². The minimum atomic E-state index is 0.813. The van der Waals surface area contributed by atoms with Gasteiger partial charge in [-0.2, -0.15) is 0 Å². The van der Waals surface area contributed by atoms with Gasteiger partial charge in [0.2, 0.25) is 0 Å². The Labute approximate surface area is 315 Å². The molecule has 0 bridgehead atoms. The number of methoxy groups -OCH3 is 2. The lowest BCUT2D eigenvalue weighted by molar-refractivity contribution is 0.415. The average Bonchev–Trinajstić information content (AvgIpc) is 3.26. The van der Waals surface area contributed by atoms with Gasteiger partial charge in [-0.15, -0.1) is 0 Å². The molecule has 0 aliphatic carbocycles. The first kappa shape index (κ1) is 32.8. The fourth-order valence-electron chi connectivity index (χ4n) is 7.22. The van der Waals surface area contributed by atoms with Crippen molar-refractivity contribution in [3.8, 4) is 78.5 Å². The van der Waals surface area contributed by atoms with Gasteiger partial charge in [-0.1, -0.05) is 146 Å². The van der Waals surface area contributed by atoms with Gasteiger partial charge in [-0.3, -0.25) is 0 Å². The minimum Gasteiger partial charge on any atom is -0.497 e. The van der Waals surface area contributed by atoms with E-state index in [0.717, 1.165) is 89.2 Å². The molecule has 0 fully saturated rings. The third-order valence-corrected chi connectivity index (χ3v) is 10.1. The summed E-state index contributed by atoms with van der Waals surface area (Å²) in [5.74, 6) is 1.63. The van der Waals surface area contributed by atoms with Gasteiger partial charge in [0.25, 0.3) is 0 Å². The minimum absolute atomic E-state index is 0.813. The summed E-state index contributed by atoms with van der Waals surface area (Å²) in [6.45, 7) is 0. The van der Waals surface area contributed by atoms with Crippen LogP contribution in [0.2, 0.25) is 0 Å². The van der Waals surface area contributed by atoms with Crippen molar-refractivity contribution in [1.82, 2.24) is 9.97 Å².